The monoisotopic (exact) mass is 269 g/mol. The number of hydrogen-bond donors (Lipinski definition) is 3. The van der Waals surface area contributed by atoms with Crippen molar-refractivity contribution in [3.05, 3.63) is 12.7 Å². The molecule has 0 aromatic heterocycles. The Balaban J connectivity index is 0. The SMILES string of the molecule is C=CCS(=O)[O-].NC=O.O[C@@H]1CCCN1S. The van der Waals surface area contributed by atoms with Gasteiger partial charge in [-0.3, -0.25) is 9.00 Å². The molecule has 2 atom stereocenters. The van der Waals surface area contributed by atoms with Gasteiger partial charge < -0.3 is 15.4 Å². The normalized spacial score (nSPS) is 20.8. The molecule has 96 valence electrons. The Kier molecular flexibility index (Phi) is 14.2. The maximum absolute atomic E-state index is 9.53. The van der Waals surface area contributed by atoms with Gasteiger partial charge in [-0.15, -0.1) is 6.58 Å². The van der Waals surface area contributed by atoms with E-state index in [1.165, 1.54) is 6.08 Å². The molecule has 0 aliphatic carbocycles. The maximum Gasteiger partial charge on any atom is 0.204 e. The third-order valence-corrected chi connectivity index (χ3v) is 2.42. The molecule has 0 spiro atoms. The number of carbonyl (C=O) groups excluding carboxylic acids is 1. The highest BCUT2D eigenvalue weighted by atomic mass is 32.2. The quantitative estimate of drug-likeness (QED) is 0.268. The zero-order chi connectivity index (χ0) is 13.0. The smallest absolute Gasteiger partial charge is 0.204 e. The van der Waals surface area contributed by atoms with Crippen molar-refractivity contribution in [2.45, 2.75) is 19.1 Å². The average molecular weight is 269 g/mol. The minimum atomic E-state index is -1.93. The molecule has 0 aromatic carbocycles. The summed E-state index contributed by atoms with van der Waals surface area (Å²) in [5.74, 6) is 0.0556. The van der Waals surface area contributed by atoms with Crippen molar-refractivity contribution in [2.24, 2.45) is 5.73 Å². The van der Waals surface area contributed by atoms with E-state index in [1.54, 1.807) is 4.31 Å². The van der Waals surface area contributed by atoms with Gasteiger partial charge in [-0.1, -0.05) is 30.0 Å². The lowest BCUT2D eigenvalue weighted by molar-refractivity contribution is -0.106. The Labute approximate surface area is 103 Å². The molecule has 16 heavy (non-hydrogen) atoms. The summed E-state index contributed by atoms with van der Waals surface area (Å²) in [7, 11) is 0. The Hall–Kier alpha value is -0.410. The molecule has 1 amide bonds. The van der Waals surface area contributed by atoms with Crippen LogP contribution in [0.4, 0.5) is 0 Å². The molecule has 0 bridgehead atoms. The fourth-order valence-corrected chi connectivity index (χ4v) is 1.28. The van der Waals surface area contributed by atoms with Gasteiger partial charge >= 0.3 is 0 Å². The van der Waals surface area contributed by atoms with Crippen LogP contribution in [-0.4, -0.2) is 43.1 Å². The van der Waals surface area contributed by atoms with Crippen LogP contribution in [0.2, 0.25) is 0 Å². The lowest BCUT2D eigenvalue weighted by Gasteiger charge is -2.09. The highest BCUT2D eigenvalue weighted by Gasteiger charge is 2.17. The van der Waals surface area contributed by atoms with E-state index in [4.69, 9.17) is 9.90 Å². The van der Waals surface area contributed by atoms with Gasteiger partial charge in [0.15, 0.2) is 0 Å². The first-order valence-electron chi connectivity index (χ1n) is 4.45. The van der Waals surface area contributed by atoms with Crippen LogP contribution in [0.25, 0.3) is 0 Å². The first-order chi connectivity index (χ1) is 7.49. The fourth-order valence-electron chi connectivity index (χ4n) is 0.830. The van der Waals surface area contributed by atoms with Crippen LogP contribution in [0.5, 0.6) is 0 Å². The highest BCUT2D eigenvalue weighted by Crippen LogP contribution is 2.15. The topological polar surface area (TPSA) is 107 Å². The zero-order valence-corrected chi connectivity index (χ0v) is 10.5. The van der Waals surface area contributed by atoms with Crippen LogP contribution in [0, 0.1) is 0 Å². The molecular formula is C8H17N2O4S2-. The highest BCUT2D eigenvalue weighted by molar-refractivity contribution is 7.79. The number of thiol groups is 1. The van der Waals surface area contributed by atoms with Crippen LogP contribution in [0.15, 0.2) is 12.7 Å². The predicted octanol–water partition coefficient (Wildman–Crippen LogP) is -0.602. The number of carbonyl (C=O) groups is 1. The molecule has 3 N–H and O–H groups in total. The molecule has 1 unspecified atom stereocenters. The molecule has 1 aliphatic rings. The van der Waals surface area contributed by atoms with Crippen LogP contribution in [0.1, 0.15) is 12.8 Å². The van der Waals surface area contributed by atoms with E-state index in [2.05, 4.69) is 25.1 Å². The molecule has 6 nitrogen and oxygen atoms in total. The lowest BCUT2D eigenvalue weighted by atomic mass is 10.4. The third-order valence-electron chi connectivity index (χ3n) is 1.45. The molecule has 0 aromatic rings. The van der Waals surface area contributed by atoms with Crippen LogP contribution < -0.4 is 5.73 Å². The fraction of sp³-hybridized carbons (Fsp3) is 0.625. The molecule has 0 radical (unpaired) electrons. The molecule has 1 heterocycles. The van der Waals surface area contributed by atoms with Crippen molar-refractivity contribution in [1.82, 2.24) is 4.31 Å². The minimum absolute atomic E-state index is 0.0556. The van der Waals surface area contributed by atoms with E-state index in [9.17, 15) is 8.76 Å². The van der Waals surface area contributed by atoms with Crippen molar-refractivity contribution in [1.29, 1.82) is 0 Å². The van der Waals surface area contributed by atoms with Gasteiger partial charge in [0, 0.05) is 12.3 Å². The Bertz CT molecular complexity index is 208. The summed E-state index contributed by atoms with van der Waals surface area (Å²) in [6.45, 7) is 4.13. The van der Waals surface area contributed by atoms with Crippen LogP contribution >= 0.6 is 12.8 Å². The first kappa shape index (κ1) is 18.0. The molecule has 1 saturated heterocycles. The number of rotatable bonds is 2. The second kappa shape index (κ2) is 12.7. The van der Waals surface area contributed by atoms with Crippen molar-refractivity contribution < 1.29 is 18.7 Å². The average Bonchev–Trinajstić information content (AvgIpc) is 2.53. The summed E-state index contributed by atoms with van der Waals surface area (Å²) in [6, 6.07) is 0. The molecule has 0 saturated carbocycles. The summed E-state index contributed by atoms with van der Waals surface area (Å²) in [4.78, 5) is 8.58. The van der Waals surface area contributed by atoms with Crippen molar-refractivity contribution in [2.75, 3.05) is 12.3 Å². The molecular weight excluding hydrogens is 252 g/mol. The summed E-state index contributed by atoms with van der Waals surface area (Å²) in [5.41, 5.74) is 4.17. The second-order valence-corrected chi connectivity index (χ2v) is 4.14. The van der Waals surface area contributed by atoms with Crippen molar-refractivity contribution in [3.8, 4) is 0 Å². The standard InChI is InChI=1S/C4H9NOS.C3H6O2S.CH3NO/c6-4-2-1-3-5(4)7;1-2-3-6(4)5;2-1-3/h4,6-7H,1-3H2;2H,1,3H2,(H,4,5);1H,(H2,2,3)/p-1/t4-;;/m1../s1. The Morgan fingerprint density at radius 3 is 2.31 bits per heavy atom. The van der Waals surface area contributed by atoms with E-state index < -0.39 is 11.1 Å². The molecule has 1 aliphatic heterocycles. The first-order valence-corrected chi connectivity index (χ1v) is 6.09. The number of primary amides is 1. The number of aliphatic hydroxyl groups excluding tert-OH is 1. The van der Waals surface area contributed by atoms with Crippen molar-refractivity contribution >= 4 is 30.3 Å². The maximum atomic E-state index is 9.53. The largest absolute Gasteiger partial charge is 0.772 e. The van der Waals surface area contributed by atoms with E-state index in [0.29, 0.717) is 0 Å². The summed E-state index contributed by atoms with van der Waals surface area (Å²) >= 11 is 2.04. The van der Waals surface area contributed by atoms with E-state index in [0.717, 1.165) is 19.4 Å². The van der Waals surface area contributed by atoms with Gasteiger partial charge in [-0.2, -0.15) is 0 Å². The lowest BCUT2D eigenvalue weighted by Crippen LogP contribution is -2.17. The van der Waals surface area contributed by atoms with Gasteiger partial charge in [-0.25, -0.2) is 4.31 Å². The summed E-state index contributed by atoms with van der Waals surface area (Å²) in [5, 5.41) is 8.85. The van der Waals surface area contributed by atoms with Crippen LogP contribution in [0.3, 0.4) is 0 Å². The van der Waals surface area contributed by atoms with E-state index in [-0.39, 0.29) is 18.4 Å². The molecule has 1 fully saturated rings. The number of nitrogens with zero attached hydrogens (tertiary/aromatic N) is 1. The van der Waals surface area contributed by atoms with Gasteiger partial charge in [0.05, 0.1) is 0 Å². The van der Waals surface area contributed by atoms with Crippen molar-refractivity contribution in [3.63, 3.8) is 0 Å². The van der Waals surface area contributed by atoms with E-state index in [1.807, 2.05) is 0 Å². The van der Waals surface area contributed by atoms with Gasteiger partial charge in [0.1, 0.15) is 6.23 Å². The minimum Gasteiger partial charge on any atom is -0.772 e. The predicted molar refractivity (Wildman–Crippen MR) is 65.2 cm³/mol. The summed E-state index contributed by atoms with van der Waals surface area (Å²) in [6.07, 6.45) is 3.25. The number of nitrogens with two attached hydrogens (primary N) is 1. The second-order valence-electron chi connectivity index (χ2n) is 2.68. The summed E-state index contributed by atoms with van der Waals surface area (Å²) < 4.78 is 20.7. The Morgan fingerprint density at radius 2 is 2.25 bits per heavy atom. The third kappa shape index (κ3) is 13.6. The van der Waals surface area contributed by atoms with Gasteiger partial charge in [0.25, 0.3) is 0 Å². The number of hydrogen-bond acceptors (Lipinski definition) is 6. The van der Waals surface area contributed by atoms with Crippen LogP contribution in [-0.2, 0) is 15.9 Å². The molecule has 8 heteroatoms. The Morgan fingerprint density at radius 1 is 1.75 bits per heavy atom. The zero-order valence-electron chi connectivity index (χ0n) is 8.82. The van der Waals surface area contributed by atoms with Gasteiger partial charge in [0.2, 0.25) is 6.41 Å². The number of amides is 1. The van der Waals surface area contributed by atoms with Gasteiger partial charge in [-0.05, 0) is 12.8 Å². The van der Waals surface area contributed by atoms with E-state index >= 15 is 0 Å². The number of aliphatic hydroxyl groups is 1. The molecule has 1 rings (SSSR count).